The van der Waals surface area contributed by atoms with E-state index in [0.29, 0.717) is 5.82 Å². The molecule has 0 aliphatic rings. The van der Waals surface area contributed by atoms with Crippen LogP contribution in [-0.4, -0.2) is 27.2 Å². The average molecular weight is 344 g/mol. The van der Waals surface area contributed by atoms with Gasteiger partial charge in [-0.15, -0.1) is 0 Å². The van der Waals surface area contributed by atoms with Crippen molar-refractivity contribution < 1.29 is 10.7 Å². The highest BCUT2D eigenvalue weighted by molar-refractivity contribution is 5.93. The Morgan fingerprint density at radius 1 is 0.923 bits per heavy atom. The molecule has 0 saturated carbocycles. The Balaban J connectivity index is 1.82. The van der Waals surface area contributed by atoms with Crippen molar-refractivity contribution in [3.05, 3.63) is 67.0 Å². The molecule has 4 N–H and O–H groups in total. The van der Waals surface area contributed by atoms with Crippen LogP contribution in [-0.2, 0) is 0 Å². The second kappa shape index (κ2) is 6.87. The Labute approximate surface area is 150 Å². The lowest BCUT2D eigenvalue weighted by atomic mass is 10.0. The van der Waals surface area contributed by atoms with Gasteiger partial charge >= 0.3 is 0 Å². The number of pyridine rings is 1. The maximum Gasteiger partial charge on any atom is 0.163 e. The van der Waals surface area contributed by atoms with Crippen LogP contribution in [0.2, 0.25) is 0 Å². The van der Waals surface area contributed by atoms with Gasteiger partial charge in [-0.3, -0.25) is 4.98 Å². The van der Waals surface area contributed by atoms with Crippen molar-refractivity contribution in [3.8, 4) is 22.5 Å². The number of nitrogens with two attached hydrogens (primary N) is 1. The normalized spacial score (nSPS) is 10.8. The molecule has 6 nitrogen and oxygen atoms in total. The van der Waals surface area contributed by atoms with E-state index in [1.165, 1.54) is 0 Å². The maximum absolute atomic E-state index is 9.07. The Kier molecular flexibility index (Phi) is 4.27. The van der Waals surface area contributed by atoms with Crippen molar-refractivity contribution in [1.29, 1.82) is 0 Å². The Morgan fingerprint density at radius 2 is 1.73 bits per heavy atom. The van der Waals surface area contributed by atoms with E-state index in [2.05, 4.69) is 26.3 Å². The Bertz CT molecular complexity index is 1050. The van der Waals surface area contributed by atoms with E-state index >= 15 is 0 Å². The van der Waals surface area contributed by atoms with Gasteiger partial charge in [-0.25, -0.2) is 15.2 Å². The average Bonchev–Trinajstić information content (AvgIpc) is 2.73. The van der Waals surface area contributed by atoms with E-state index in [1.807, 2.05) is 55.6 Å². The van der Waals surface area contributed by atoms with Crippen LogP contribution in [0, 0.1) is 0 Å². The van der Waals surface area contributed by atoms with E-state index in [-0.39, 0.29) is 0 Å². The van der Waals surface area contributed by atoms with Crippen LogP contribution >= 0.6 is 0 Å². The van der Waals surface area contributed by atoms with E-state index < -0.39 is 0 Å². The van der Waals surface area contributed by atoms with Gasteiger partial charge in [-0.1, -0.05) is 6.07 Å². The minimum atomic E-state index is 0.644. The fraction of sp³-hybridized carbons (Fsp3) is 0.0500. The van der Waals surface area contributed by atoms with Crippen molar-refractivity contribution in [1.82, 2.24) is 15.0 Å². The van der Waals surface area contributed by atoms with Crippen LogP contribution in [0.15, 0.2) is 67.0 Å². The molecule has 2 aromatic heterocycles. The van der Waals surface area contributed by atoms with E-state index in [1.54, 1.807) is 12.4 Å². The lowest BCUT2D eigenvalue weighted by Crippen LogP contribution is -2.73. The number of benzene rings is 2. The molecule has 2 aromatic carbocycles. The van der Waals surface area contributed by atoms with Crippen LogP contribution in [0.3, 0.4) is 0 Å². The van der Waals surface area contributed by atoms with Crippen molar-refractivity contribution in [3.63, 3.8) is 0 Å². The van der Waals surface area contributed by atoms with Crippen LogP contribution in [0.1, 0.15) is 0 Å². The lowest BCUT2D eigenvalue weighted by molar-refractivity contribution is -0.825. The van der Waals surface area contributed by atoms with E-state index in [0.717, 1.165) is 44.6 Å². The van der Waals surface area contributed by atoms with Gasteiger partial charge in [-0.05, 0) is 47.5 Å². The number of fused-ring (bicyclic) bond motifs is 1. The molecule has 2 heterocycles. The first kappa shape index (κ1) is 16.1. The van der Waals surface area contributed by atoms with Crippen molar-refractivity contribution >= 4 is 22.4 Å². The molecule has 6 heteroatoms. The first-order valence-electron chi connectivity index (χ1n) is 8.26. The second-order valence-corrected chi connectivity index (χ2v) is 5.87. The third-order valence-electron chi connectivity index (χ3n) is 4.25. The first-order chi connectivity index (χ1) is 12.8. The topological polar surface area (TPSA) is 87.5 Å². The first-order valence-corrected chi connectivity index (χ1v) is 8.26. The zero-order valence-electron chi connectivity index (χ0n) is 14.2. The summed E-state index contributed by atoms with van der Waals surface area (Å²) in [6, 6.07) is 17.6. The summed E-state index contributed by atoms with van der Waals surface area (Å²) in [6.45, 7) is 0. The number of hydrogen-bond acceptors (Lipinski definition) is 5. The van der Waals surface area contributed by atoms with Gasteiger partial charge in [0.1, 0.15) is 5.82 Å². The molecule has 0 fully saturated rings. The van der Waals surface area contributed by atoms with Gasteiger partial charge in [0.2, 0.25) is 0 Å². The van der Waals surface area contributed by atoms with Gasteiger partial charge in [-0.2, -0.15) is 5.48 Å². The summed E-state index contributed by atoms with van der Waals surface area (Å²) in [5, 5.41) is 13.2. The molecule has 0 aliphatic carbocycles. The zero-order chi connectivity index (χ0) is 17.9. The highest BCUT2D eigenvalue weighted by atomic mass is 16.5. The van der Waals surface area contributed by atoms with Gasteiger partial charge in [0.25, 0.3) is 0 Å². The fourth-order valence-corrected chi connectivity index (χ4v) is 2.88. The summed E-state index contributed by atoms with van der Waals surface area (Å²) < 4.78 is 0. The van der Waals surface area contributed by atoms with Gasteiger partial charge < -0.3 is 5.32 Å². The molecular weight excluding hydrogens is 326 g/mol. The number of aromatic nitrogens is 3. The van der Waals surface area contributed by atoms with Crippen molar-refractivity contribution in [2.45, 2.75) is 0 Å². The summed E-state index contributed by atoms with van der Waals surface area (Å²) >= 11 is 0. The molecule has 0 radical (unpaired) electrons. The SMILES string of the molecule is CNc1nc(-c2cccnc2)nc2ccc(-c3ccc([NH2+]O)cc3)cc12. The minimum absolute atomic E-state index is 0.644. The van der Waals surface area contributed by atoms with Gasteiger partial charge in [0, 0.05) is 42.5 Å². The van der Waals surface area contributed by atoms with E-state index in [4.69, 9.17) is 5.21 Å². The predicted molar refractivity (Wildman–Crippen MR) is 101 cm³/mol. The standard InChI is InChI=1S/C20H17N5O/c1-21-20-17-11-14(13-4-7-16(25-26)8-5-13)6-9-18(17)23-19(24-20)15-3-2-10-22-12-15/h2-12,25-26H,1H3,(H,21,23,24)/p+1. The number of anilines is 1. The zero-order valence-corrected chi connectivity index (χ0v) is 14.2. The molecule has 0 amide bonds. The molecule has 26 heavy (non-hydrogen) atoms. The molecule has 0 saturated heterocycles. The largest absolute Gasteiger partial charge is 0.373 e. The number of nitrogens with one attached hydrogen (secondary N) is 1. The van der Waals surface area contributed by atoms with Crippen LogP contribution in [0.5, 0.6) is 0 Å². The monoisotopic (exact) mass is 344 g/mol. The van der Waals surface area contributed by atoms with E-state index in [9.17, 15) is 0 Å². The number of hydrogen-bond donors (Lipinski definition) is 3. The second-order valence-electron chi connectivity index (χ2n) is 5.87. The molecule has 4 rings (SSSR count). The lowest BCUT2D eigenvalue weighted by Gasteiger charge is -2.10. The Morgan fingerprint density at radius 3 is 2.42 bits per heavy atom. The van der Waals surface area contributed by atoms with Crippen molar-refractivity contribution in [2.24, 2.45) is 0 Å². The Hall–Kier alpha value is -3.35. The molecule has 4 aromatic rings. The molecule has 0 aliphatic heterocycles. The third kappa shape index (κ3) is 2.99. The quantitative estimate of drug-likeness (QED) is 0.391. The van der Waals surface area contributed by atoms with Crippen LogP contribution in [0.4, 0.5) is 11.5 Å². The minimum Gasteiger partial charge on any atom is -0.373 e. The van der Waals surface area contributed by atoms with Gasteiger partial charge in [0.15, 0.2) is 11.5 Å². The fourth-order valence-electron chi connectivity index (χ4n) is 2.88. The number of rotatable bonds is 4. The molecule has 0 bridgehead atoms. The van der Waals surface area contributed by atoms with Crippen LogP contribution in [0.25, 0.3) is 33.4 Å². The number of quaternary nitrogens is 1. The molecular formula is C20H18N5O+. The summed E-state index contributed by atoms with van der Waals surface area (Å²) in [6.07, 6.45) is 3.49. The maximum atomic E-state index is 9.07. The molecule has 0 unspecified atom stereocenters. The third-order valence-corrected chi connectivity index (χ3v) is 4.25. The molecule has 128 valence electrons. The summed E-state index contributed by atoms with van der Waals surface area (Å²) in [4.78, 5) is 13.5. The summed E-state index contributed by atoms with van der Waals surface area (Å²) in [7, 11) is 1.85. The number of nitrogens with zero attached hydrogens (tertiary/aromatic N) is 3. The highest BCUT2D eigenvalue weighted by Crippen LogP contribution is 2.29. The van der Waals surface area contributed by atoms with Gasteiger partial charge in [0.05, 0.1) is 5.52 Å². The smallest absolute Gasteiger partial charge is 0.163 e. The molecule has 0 spiro atoms. The summed E-state index contributed by atoms with van der Waals surface area (Å²) in [5.74, 6) is 1.42. The highest BCUT2D eigenvalue weighted by Gasteiger charge is 2.10. The predicted octanol–water partition coefficient (Wildman–Crippen LogP) is 2.98. The molecule has 0 atom stereocenters. The van der Waals surface area contributed by atoms with Crippen LogP contribution < -0.4 is 10.8 Å². The van der Waals surface area contributed by atoms with Crippen molar-refractivity contribution in [2.75, 3.05) is 12.4 Å². The summed E-state index contributed by atoms with van der Waals surface area (Å²) in [5.41, 5.74) is 5.75.